The van der Waals surface area contributed by atoms with Gasteiger partial charge in [0, 0.05) is 6.54 Å². The van der Waals surface area contributed by atoms with Crippen molar-refractivity contribution < 1.29 is 14.3 Å². The summed E-state index contributed by atoms with van der Waals surface area (Å²) in [5.41, 5.74) is 0. The second kappa shape index (κ2) is 7.08. The minimum Gasteiger partial charge on any atom is -0.465 e. The van der Waals surface area contributed by atoms with E-state index in [4.69, 9.17) is 14.3 Å². The van der Waals surface area contributed by atoms with Crippen molar-refractivity contribution in [3.05, 3.63) is 23.7 Å². The van der Waals surface area contributed by atoms with E-state index < -0.39 is 0 Å². The first kappa shape index (κ1) is 14.6. The van der Waals surface area contributed by atoms with Crippen molar-refractivity contribution in [1.29, 1.82) is 0 Å². The van der Waals surface area contributed by atoms with Crippen molar-refractivity contribution in [2.75, 3.05) is 32.9 Å². The SMILES string of the molecule is Cc1ccc([C@H]2C[C@@H](C)CCN2CCOCCO)o1. The van der Waals surface area contributed by atoms with E-state index in [0.717, 1.165) is 36.9 Å². The van der Waals surface area contributed by atoms with Crippen LogP contribution in [0.25, 0.3) is 0 Å². The topological polar surface area (TPSA) is 45.8 Å². The van der Waals surface area contributed by atoms with Crippen molar-refractivity contribution in [2.24, 2.45) is 5.92 Å². The Morgan fingerprint density at radius 1 is 1.42 bits per heavy atom. The van der Waals surface area contributed by atoms with Crippen LogP contribution < -0.4 is 0 Å². The van der Waals surface area contributed by atoms with Crippen molar-refractivity contribution in [3.8, 4) is 0 Å². The summed E-state index contributed by atoms with van der Waals surface area (Å²) < 4.78 is 11.2. The Bertz CT molecular complexity index is 377. The van der Waals surface area contributed by atoms with Crippen molar-refractivity contribution in [1.82, 2.24) is 4.90 Å². The van der Waals surface area contributed by atoms with Crippen LogP contribution in [-0.2, 0) is 4.74 Å². The summed E-state index contributed by atoms with van der Waals surface area (Å²) in [7, 11) is 0. The fraction of sp³-hybridized carbons (Fsp3) is 0.733. The van der Waals surface area contributed by atoms with Gasteiger partial charge in [0.25, 0.3) is 0 Å². The highest BCUT2D eigenvalue weighted by Gasteiger charge is 2.29. The molecule has 0 spiro atoms. The number of aryl methyl sites for hydroxylation is 1. The average Bonchev–Trinajstić information content (AvgIpc) is 2.82. The lowest BCUT2D eigenvalue weighted by atomic mass is 9.91. The Hall–Kier alpha value is -0.840. The van der Waals surface area contributed by atoms with Gasteiger partial charge in [0.15, 0.2) is 0 Å². The monoisotopic (exact) mass is 267 g/mol. The number of nitrogens with zero attached hydrogens (tertiary/aromatic N) is 1. The van der Waals surface area contributed by atoms with Crippen LogP contribution >= 0.6 is 0 Å². The molecular weight excluding hydrogens is 242 g/mol. The number of hydrogen-bond donors (Lipinski definition) is 1. The van der Waals surface area contributed by atoms with Crippen molar-refractivity contribution >= 4 is 0 Å². The summed E-state index contributed by atoms with van der Waals surface area (Å²) in [6.07, 6.45) is 2.38. The first-order chi connectivity index (χ1) is 9.20. The third-order valence-corrected chi connectivity index (χ3v) is 3.82. The molecule has 19 heavy (non-hydrogen) atoms. The molecule has 1 aromatic rings. The van der Waals surface area contributed by atoms with Gasteiger partial charge in [-0.05, 0) is 44.4 Å². The van der Waals surface area contributed by atoms with E-state index >= 15 is 0 Å². The Morgan fingerprint density at radius 2 is 2.26 bits per heavy atom. The molecule has 4 heteroatoms. The molecule has 2 atom stereocenters. The van der Waals surface area contributed by atoms with Gasteiger partial charge in [-0.3, -0.25) is 4.90 Å². The number of ether oxygens (including phenoxy) is 1. The van der Waals surface area contributed by atoms with Crippen LogP contribution in [0.15, 0.2) is 16.5 Å². The van der Waals surface area contributed by atoms with E-state index in [2.05, 4.69) is 17.9 Å². The number of hydrogen-bond acceptors (Lipinski definition) is 4. The summed E-state index contributed by atoms with van der Waals surface area (Å²) in [6, 6.07) is 4.50. The number of piperidine rings is 1. The summed E-state index contributed by atoms with van der Waals surface area (Å²) in [5, 5.41) is 8.72. The molecule has 1 aromatic heterocycles. The Morgan fingerprint density at radius 3 is 2.95 bits per heavy atom. The van der Waals surface area contributed by atoms with Crippen molar-refractivity contribution in [3.63, 3.8) is 0 Å². The van der Waals surface area contributed by atoms with E-state index in [1.165, 1.54) is 6.42 Å². The molecule has 2 heterocycles. The van der Waals surface area contributed by atoms with Gasteiger partial charge in [-0.2, -0.15) is 0 Å². The molecule has 2 rings (SSSR count). The lowest BCUT2D eigenvalue weighted by Crippen LogP contribution is -2.38. The van der Waals surface area contributed by atoms with E-state index in [0.29, 0.717) is 19.3 Å². The van der Waals surface area contributed by atoms with Crippen LogP contribution in [0.4, 0.5) is 0 Å². The average molecular weight is 267 g/mol. The third-order valence-electron chi connectivity index (χ3n) is 3.82. The highest BCUT2D eigenvalue weighted by molar-refractivity contribution is 5.11. The third kappa shape index (κ3) is 4.06. The predicted octanol–water partition coefficient (Wildman–Crippen LogP) is 2.37. The summed E-state index contributed by atoms with van der Waals surface area (Å²) >= 11 is 0. The van der Waals surface area contributed by atoms with Crippen LogP contribution in [0.5, 0.6) is 0 Å². The van der Waals surface area contributed by atoms with Crippen LogP contribution in [0.3, 0.4) is 0 Å². The Balaban J connectivity index is 1.94. The molecule has 1 saturated heterocycles. The van der Waals surface area contributed by atoms with Crippen LogP contribution in [0.2, 0.25) is 0 Å². The minimum atomic E-state index is 0.0951. The summed E-state index contributed by atoms with van der Waals surface area (Å²) in [6.45, 7) is 7.48. The van der Waals surface area contributed by atoms with Crippen LogP contribution in [-0.4, -0.2) is 42.9 Å². The molecule has 0 aromatic carbocycles. The lowest BCUT2D eigenvalue weighted by molar-refractivity contribution is 0.0395. The zero-order valence-corrected chi connectivity index (χ0v) is 12.0. The summed E-state index contributed by atoms with van der Waals surface area (Å²) in [4.78, 5) is 2.44. The maximum atomic E-state index is 8.72. The van der Waals surface area contributed by atoms with E-state index in [9.17, 15) is 0 Å². The number of rotatable bonds is 6. The molecule has 4 nitrogen and oxygen atoms in total. The van der Waals surface area contributed by atoms with Gasteiger partial charge in [0.2, 0.25) is 0 Å². The normalized spacial score (nSPS) is 24.8. The van der Waals surface area contributed by atoms with E-state index in [-0.39, 0.29) is 6.61 Å². The number of aliphatic hydroxyl groups is 1. The first-order valence-electron chi connectivity index (χ1n) is 7.19. The number of aliphatic hydroxyl groups excluding tert-OH is 1. The molecule has 0 amide bonds. The quantitative estimate of drug-likeness (QED) is 0.804. The zero-order valence-electron chi connectivity index (χ0n) is 12.0. The number of likely N-dealkylation sites (tertiary alicyclic amines) is 1. The molecule has 108 valence electrons. The summed E-state index contributed by atoms with van der Waals surface area (Å²) in [5.74, 6) is 2.79. The Labute approximate surface area is 115 Å². The highest BCUT2D eigenvalue weighted by Crippen LogP contribution is 2.34. The standard InChI is InChI=1S/C15H25NO3/c1-12-5-6-16(7-9-18-10-8-17)14(11-12)15-4-3-13(2)19-15/h3-4,12,14,17H,5-11H2,1-2H3/t12-,14+/m0/s1. The van der Waals surface area contributed by atoms with Crippen LogP contribution in [0, 0.1) is 12.8 Å². The molecule has 1 N–H and O–H groups in total. The smallest absolute Gasteiger partial charge is 0.121 e. The number of furan rings is 1. The fourth-order valence-corrected chi connectivity index (χ4v) is 2.73. The van der Waals surface area contributed by atoms with Gasteiger partial charge in [-0.15, -0.1) is 0 Å². The van der Waals surface area contributed by atoms with Crippen LogP contribution in [0.1, 0.15) is 37.3 Å². The molecular formula is C15H25NO3. The highest BCUT2D eigenvalue weighted by atomic mass is 16.5. The molecule has 0 bridgehead atoms. The molecule has 0 aliphatic carbocycles. The fourth-order valence-electron chi connectivity index (χ4n) is 2.73. The van der Waals surface area contributed by atoms with Gasteiger partial charge < -0.3 is 14.3 Å². The zero-order chi connectivity index (χ0) is 13.7. The van der Waals surface area contributed by atoms with Gasteiger partial charge in [-0.25, -0.2) is 0 Å². The van der Waals surface area contributed by atoms with Crippen molar-refractivity contribution in [2.45, 2.75) is 32.7 Å². The maximum Gasteiger partial charge on any atom is 0.121 e. The maximum absolute atomic E-state index is 8.72. The predicted molar refractivity (Wildman–Crippen MR) is 74.1 cm³/mol. The first-order valence-corrected chi connectivity index (χ1v) is 7.19. The Kier molecular flexibility index (Phi) is 5.43. The molecule has 1 aliphatic rings. The second-order valence-corrected chi connectivity index (χ2v) is 5.47. The molecule has 1 fully saturated rings. The molecule has 0 radical (unpaired) electrons. The molecule has 1 aliphatic heterocycles. The molecule has 0 saturated carbocycles. The minimum absolute atomic E-state index is 0.0951. The van der Waals surface area contributed by atoms with E-state index in [1.54, 1.807) is 0 Å². The molecule has 0 unspecified atom stereocenters. The van der Waals surface area contributed by atoms with E-state index in [1.807, 2.05) is 13.0 Å². The lowest BCUT2D eigenvalue weighted by Gasteiger charge is -2.37. The van der Waals surface area contributed by atoms with Gasteiger partial charge in [-0.1, -0.05) is 6.92 Å². The van der Waals surface area contributed by atoms with Gasteiger partial charge >= 0.3 is 0 Å². The second-order valence-electron chi connectivity index (χ2n) is 5.47. The largest absolute Gasteiger partial charge is 0.465 e. The van der Waals surface area contributed by atoms with Gasteiger partial charge in [0.1, 0.15) is 11.5 Å². The van der Waals surface area contributed by atoms with Gasteiger partial charge in [0.05, 0.1) is 25.9 Å².